The molecular formula is C11H25N. The Labute approximate surface area is 77.7 Å². The van der Waals surface area contributed by atoms with E-state index in [2.05, 4.69) is 27.7 Å². The van der Waals surface area contributed by atoms with Crippen LogP contribution in [0.25, 0.3) is 0 Å². The van der Waals surface area contributed by atoms with E-state index in [4.69, 9.17) is 5.73 Å². The molecule has 0 aliphatic rings. The minimum Gasteiger partial charge on any atom is -0.325 e. The number of hydrogen-bond donors (Lipinski definition) is 1. The first-order valence-electron chi connectivity index (χ1n) is 5.39. The molecule has 12 heavy (non-hydrogen) atoms. The van der Waals surface area contributed by atoms with E-state index in [1.165, 1.54) is 19.3 Å². The average Bonchev–Trinajstić information content (AvgIpc) is 2.12. The van der Waals surface area contributed by atoms with E-state index in [1.807, 2.05) is 0 Å². The van der Waals surface area contributed by atoms with Crippen molar-refractivity contribution in [3.8, 4) is 0 Å². The normalized spacial score (nSPS) is 14.8. The van der Waals surface area contributed by atoms with Crippen molar-refractivity contribution in [3.63, 3.8) is 0 Å². The average molecular weight is 171 g/mol. The fraction of sp³-hybridized carbons (Fsp3) is 1.00. The van der Waals surface area contributed by atoms with Crippen LogP contribution in [0.5, 0.6) is 0 Å². The minimum absolute atomic E-state index is 0.0924. The van der Waals surface area contributed by atoms with Gasteiger partial charge in [-0.2, -0.15) is 0 Å². The summed E-state index contributed by atoms with van der Waals surface area (Å²) < 4.78 is 0. The summed E-state index contributed by atoms with van der Waals surface area (Å²) >= 11 is 0. The van der Waals surface area contributed by atoms with Crippen LogP contribution in [-0.2, 0) is 0 Å². The SMILES string of the molecule is CCCCC(C)C(N)(CC)CC. The van der Waals surface area contributed by atoms with E-state index in [0.717, 1.165) is 12.8 Å². The third kappa shape index (κ3) is 3.14. The maximum absolute atomic E-state index is 6.28. The maximum Gasteiger partial charge on any atom is 0.0174 e. The Morgan fingerprint density at radius 3 is 2.00 bits per heavy atom. The van der Waals surface area contributed by atoms with Crippen LogP contribution in [0.1, 0.15) is 59.8 Å². The topological polar surface area (TPSA) is 26.0 Å². The first kappa shape index (κ1) is 12.0. The molecule has 0 fully saturated rings. The van der Waals surface area contributed by atoms with Gasteiger partial charge in [-0.15, -0.1) is 0 Å². The minimum atomic E-state index is 0.0924. The molecule has 1 nitrogen and oxygen atoms in total. The van der Waals surface area contributed by atoms with Crippen LogP contribution in [0.2, 0.25) is 0 Å². The van der Waals surface area contributed by atoms with Crippen molar-refractivity contribution < 1.29 is 0 Å². The van der Waals surface area contributed by atoms with Gasteiger partial charge in [-0.05, 0) is 25.2 Å². The van der Waals surface area contributed by atoms with Crippen LogP contribution < -0.4 is 5.73 Å². The molecule has 0 saturated heterocycles. The molecule has 0 rings (SSSR count). The van der Waals surface area contributed by atoms with E-state index in [0.29, 0.717) is 5.92 Å². The second kappa shape index (κ2) is 5.58. The molecule has 0 heterocycles. The summed E-state index contributed by atoms with van der Waals surface area (Å²) in [5.41, 5.74) is 6.37. The summed E-state index contributed by atoms with van der Waals surface area (Å²) in [6.45, 7) is 8.93. The highest BCUT2D eigenvalue weighted by molar-refractivity contribution is 4.86. The molecule has 2 N–H and O–H groups in total. The molecule has 0 aliphatic carbocycles. The van der Waals surface area contributed by atoms with Gasteiger partial charge in [0.05, 0.1) is 0 Å². The quantitative estimate of drug-likeness (QED) is 0.652. The standard InChI is InChI=1S/C11H25N/c1-5-8-9-10(4)11(12,6-2)7-3/h10H,5-9,12H2,1-4H3. The zero-order valence-electron chi connectivity index (χ0n) is 9.19. The molecule has 1 unspecified atom stereocenters. The molecule has 0 amide bonds. The van der Waals surface area contributed by atoms with Crippen LogP contribution in [0, 0.1) is 5.92 Å². The molecule has 0 spiro atoms. The first-order chi connectivity index (χ1) is 5.60. The van der Waals surface area contributed by atoms with Crippen LogP contribution >= 0.6 is 0 Å². The van der Waals surface area contributed by atoms with Crippen LogP contribution in [0.4, 0.5) is 0 Å². The molecule has 0 aromatic carbocycles. The number of unbranched alkanes of at least 4 members (excludes halogenated alkanes) is 1. The van der Waals surface area contributed by atoms with E-state index >= 15 is 0 Å². The summed E-state index contributed by atoms with van der Waals surface area (Å²) in [4.78, 5) is 0. The predicted molar refractivity (Wildman–Crippen MR) is 56.2 cm³/mol. The molecule has 0 radical (unpaired) electrons. The van der Waals surface area contributed by atoms with Crippen molar-refractivity contribution in [1.82, 2.24) is 0 Å². The van der Waals surface area contributed by atoms with Crippen LogP contribution in [0.3, 0.4) is 0 Å². The van der Waals surface area contributed by atoms with Crippen molar-refractivity contribution >= 4 is 0 Å². The molecular weight excluding hydrogens is 146 g/mol. The Morgan fingerprint density at radius 1 is 1.17 bits per heavy atom. The van der Waals surface area contributed by atoms with Gasteiger partial charge < -0.3 is 5.73 Å². The zero-order valence-corrected chi connectivity index (χ0v) is 9.19. The fourth-order valence-corrected chi connectivity index (χ4v) is 1.74. The second-order valence-electron chi connectivity index (χ2n) is 3.98. The summed E-state index contributed by atoms with van der Waals surface area (Å²) in [7, 11) is 0. The van der Waals surface area contributed by atoms with Crippen LogP contribution in [-0.4, -0.2) is 5.54 Å². The lowest BCUT2D eigenvalue weighted by Crippen LogP contribution is -2.44. The predicted octanol–water partition coefficient (Wildman–Crippen LogP) is 3.33. The van der Waals surface area contributed by atoms with E-state index in [-0.39, 0.29) is 5.54 Å². The largest absolute Gasteiger partial charge is 0.325 e. The molecule has 0 aliphatic heterocycles. The number of hydrogen-bond acceptors (Lipinski definition) is 1. The van der Waals surface area contributed by atoms with Gasteiger partial charge in [0.2, 0.25) is 0 Å². The number of rotatable bonds is 6. The molecule has 0 saturated carbocycles. The summed E-state index contributed by atoms with van der Waals surface area (Å²) in [6.07, 6.45) is 6.10. The molecule has 1 heteroatoms. The van der Waals surface area contributed by atoms with Gasteiger partial charge in [-0.3, -0.25) is 0 Å². The van der Waals surface area contributed by atoms with Gasteiger partial charge in [-0.1, -0.05) is 40.5 Å². The summed E-state index contributed by atoms with van der Waals surface area (Å²) in [5.74, 6) is 0.674. The van der Waals surface area contributed by atoms with Gasteiger partial charge in [0.15, 0.2) is 0 Å². The van der Waals surface area contributed by atoms with Crippen molar-refractivity contribution in [2.45, 2.75) is 65.3 Å². The first-order valence-corrected chi connectivity index (χ1v) is 5.39. The maximum atomic E-state index is 6.28. The van der Waals surface area contributed by atoms with Crippen LogP contribution in [0.15, 0.2) is 0 Å². The van der Waals surface area contributed by atoms with Crippen molar-refractivity contribution in [2.75, 3.05) is 0 Å². The lowest BCUT2D eigenvalue weighted by atomic mass is 9.79. The third-order valence-electron chi connectivity index (χ3n) is 3.29. The monoisotopic (exact) mass is 171 g/mol. The Balaban J connectivity index is 3.93. The van der Waals surface area contributed by atoms with Gasteiger partial charge in [-0.25, -0.2) is 0 Å². The van der Waals surface area contributed by atoms with Gasteiger partial charge in [0.25, 0.3) is 0 Å². The highest BCUT2D eigenvalue weighted by Crippen LogP contribution is 2.26. The molecule has 1 atom stereocenters. The third-order valence-corrected chi connectivity index (χ3v) is 3.29. The van der Waals surface area contributed by atoms with Crippen molar-refractivity contribution in [2.24, 2.45) is 11.7 Å². The summed E-state index contributed by atoms with van der Waals surface area (Å²) in [5, 5.41) is 0. The molecule has 0 aromatic heterocycles. The lowest BCUT2D eigenvalue weighted by molar-refractivity contribution is 0.251. The van der Waals surface area contributed by atoms with Gasteiger partial charge >= 0.3 is 0 Å². The summed E-state index contributed by atoms with van der Waals surface area (Å²) in [6, 6.07) is 0. The fourth-order valence-electron chi connectivity index (χ4n) is 1.74. The van der Waals surface area contributed by atoms with Crippen molar-refractivity contribution in [1.29, 1.82) is 0 Å². The zero-order chi connectivity index (χ0) is 9.61. The van der Waals surface area contributed by atoms with E-state index < -0.39 is 0 Å². The number of nitrogens with two attached hydrogens (primary N) is 1. The van der Waals surface area contributed by atoms with E-state index in [1.54, 1.807) is 0 Å². The van der Waals surface area contributed by atoms with E-state index in [9.17, 15) is 0 Å². The Hall–Kier alpha value is -0.0400. The highest BCUT2D eigenvalue weighted by Gasteiger charge is 2.26. The molecule has 74 valence electrons. The highest BCUT2D eigenvalue weighted by atomic mass is 14.7. The Morgan fingerprint density at radius 2 is 1.67 bits per heavy atom. The molecule has 0 aromatic rings. The smallest absolute Gasteiger partial charge is 0.0174 e. The van der Waals surface area contributed by atoms with Gasteiger partial charge in [0, 0.05) is 5.54 Å². The second-order valence-corrected chi connectivity index (χ2v) is 3.98. The van der Waals surface area contributed by atoms with Gasteiger partial charge in [0.1, 0.15) is 0 Å². The molecule has 0 bridgehead atoms. The van der Waals surface area contributed by atoms with Crippen molar-refractivity contribution in [3.05, 3.63) is 0 Å². The Bertz CT molecular complexity index is 106. The lowest BCUT2D eigenvalue weighted by Gasteiger charge is -2.33. The Kier molecular flexibility index (Phi) is 5.56.